The predicted molar refractivity (Wildman–Crippen MR) is 79.7 cm³/mol. The summed E-state index contributed by atoms with van der Waals surface area (Å²) in [6.07, 6.45) is 3.24. The highest BCUT2D eigenvalue weighted by molar-refractivity contribution is 7.89. The summed E-state index contributed by atoms with van der Waals surface area (Å²) < 4.78 is 27.7. The lowest BCUT2D eigenvalue weighted by Gasteiger charge is -2.20. The number of hydrogen-bond donors (Lipinski definition) is 2. The van der Waals surface area contributed by atoms with Crippen LogP contribution in [0.5, 0.6) is 0 Å². The quantitative estimate of drug-likeness (QED) is 0.874. The molecule has 1 aromatic heterocycles. The van der Waals surface area contributed by atoms with E-state index in [0.717, 1.165) is 5.39 Å². The van der Waals surface area contributed by atoms with Gasteiger partial charge in [0.05, 0.1) is 4.90 Å². The molecule has 5 nitrogen and oxygen atoms in total. The van der Waals surface area contributed by atoms with Crippen LogP contribution in [0.4, 0.5) is 0 Å². The molecule has 108 valence electrons. The summed E-state index contributed by atoms with van der Waals surface area (Å²) in [5.74, 6) is 0.131. The second kappa shape index (κ2) is 5.87. The molecule has 0 amide bonds. The van der Waals surface area contributed by atoms with E-state index in [4.69, 9.17) is 5.73 Å². The minimum atomic E-state index is -3.60. The molecule has 2 rings (SSSR count). The number of pyridine rings is 1. The monoisotopic (exact) mass is 293 g/mol. The average Bonchev–Trinajstić information content (AvgIpc) is 2.43. The molecule has 0 saturated heterocycles. The maximum Gasteiger partial charge on any atom is 0.241 e. The first kappa shape index (κ1) is 14.9. The van der Waals surface area contributed by atoms with Crippen LogP contribution in [0.15, 0.2) is 41.6 Å². The zero-order chi connectivity index (χ0) is 14.8. The number of fused-ring (bicyclic) bond motifs is 1. The van der Waals surface area contributed by atoms with E-state index in [1.165, 1.54) is 0 Å². The van der Waals surface area contributed by atoms with Crippen LogP contribution in [-0.4, -0.2) is 26.0 Å². The van der Waals surface area contributed by atoms with Gasteiger partial charge in [0, 0.05) is 35.8 Å². The third-order valence-corrected chi connectivity index (χ3v) is 4.84. The molecule has 1 heterocycles. The Morgan fingerprint density at radius 2 is 2.05 bits per heavy atom. The van der Waals surface area contributed by atoms with Gasteiger partial charge in [-0.3, -0.25) is 4.98 Å². The molecule has 0 saturated carbocycles. The lowest BCUT2D eigenvalue weighted by atomic mass is 10.1. The van der Waals surface area contributed by atoms with Gasteiger partial charge in [-0.2, -0.15) is 0 Å². The standard InChI is InChI=1S/C14H19N3O2S/c1-10(2)13(8-15)17-20(18,19)14-5-3-4-11-9-16-7-6-12(11)14/h3-7,9-10,13,17H,8,15H2,1-2H3. The van der Waals surface area contributed by atoms with Gasteiger partial charge in [0.2, 0.25) is 10.0 Å². The fourth-order valence-electron chi connectivity index (χ4n) is 2.05. The van der Waals surface area contributed by atoms with Gasteiger partial charge in [0.15, 0.2) is 0 Å². The van der Waals surface area contributed by atoms with Gasteiger partial charge in [-0.05, 0) is 18.1 Å². The first-order valence-corrected chi connectivity index (χ1v) is 7.99. The Kier molecular flexibility index (Phi) is 4.37. The van der Waals surface area contributed by atoms with Crippen molar-refractivity contribution >= 4 is 20.8 Å². The Labute approximate surface area is 119 Å². The van der Waals surface area contributed by atoms with Crippen molar-refractivity contribution in [3.8, 4) is 0 Å². The maximum atomic E-state index is 12.5. The molecule has 0 fully saturated rings. The SMILES string of the molecule is CC(C)C(CN)NS(=O)(=O)c1cccc2cnccc12. The van der Waals surface area contributed by atoms with Gasteiger partial charge in [-0.25, -0.2) is 13.1 Å². The molecule has 20 heavy (non-hydrogen) atoms. The molecule has 6 heteroatoms. The third kappa shape index (κ3) is 2.98. The van der Waals surface area contributed by atoms with Crippen LogP contribution in [0, 0.1) is 5.92 Å². The summed E-state index contributed by atoms with van der Waals surface area (Å²) in [5, 5.41) is 1.46. The summed E-state index contributed by atoms with van der Waals surface area (Å²) in [7, 11) is -3.60. The topological polar surface area (TPSA) is 85.1 Å². The second-order valence-corrected chi connectivity index (χ2v) is 6.74. The number of rotatable bonds is 5. The van der Waals surface area contributed by atoms with E-state index >= 15 is 0 Å². The fourth-order valence-corrected chi connectivity index (χ4v) is 3.67. The smallest absolute Gasteiger partial charge is 0.241 e. The molecule has 0 aliphatic rings. The summed E-state index contributed by atoms with van der Waals surface area (Å²) in [6.45, 7) is 4.14. The van der Waals surface area contributed by atoms with Crippen LogP contribution in [0.3, 0.4) is 0 Å². The van der Waals surface area contributed by atoms with Crippen molar-refractivity contribution in [2.45, 2.75) is 24.8 Å². The summed E-state index contributed by atoms with van der Waals surface area (Å²) >= 11 is 0. The average molecular weight is 293 g/mol. The van der Waals surface area contributed by atoms with Gasteiger partial charge >= 0.3 is 0 Å². The Morgan fingerprint density at radius 1 is 1.30 bits per heavy atom. The molecule has 0 radical (unpaired) electrons. The highest BCUT2D eigenvalue weighted by atomic mass is 32.2. The lowest BCUT2D eigenvalue weighted by molar-refractivity contribution is 0.455. The Bertz CT molecular complexity index is 693. The van der Waals surface area contributed by atoms with Crippen molar-refractivity contribution in [1.82, 2.24) is 9.71 Å². The van der Waals surface area contributed by atoms with E-state index < -0.39 is 10.0 Å². The highest BCUT2D eigenvalue weighted by Crippen LogP contribution is 2.22. The Hall–Kier alpha value is -1.50. The van der Waals surface area contributed by atoms with Crippen LogP contribution in [-0.2, 0) is 10.0 Å². The lowest BCUT2D eigenvalue weighted by Crippen LogP contribution is -2.43. The molecule has 3 N–H and O–H groups in total. The van der Waals surface area contributed by atoms with Crippen molar-refractivity contribution in [3.05, 3.63) is 36.7 Å². The van der Waals surface area contributed by atoms with E-state index in [1.54, 1.807) is 30.6 Å². The van der Waals surface area contributed by atoms with E-state index in [0.29, 0.717) is 5.39 Å². The number of aromatic nitrogens is 1. The molecule has 0 aliphatic heterocycles. The zero-order valence-corrected chi connectivity index (χ0v) is 12.4. The van der Waals surface area contributed by atoms with Crippen LogP contribution in [0.25, 0.3) is 10.8 Å². The first-order chi connectivity index (χ1) is 9.45. The molecule has 1 atom stereocenters. The van der Waals surface area contributed by atoms with Crippen LogP contribution >= 0.6 is 0 Å². The summed E-state index contributed by atoms with van der Waals surface area (Å²) in [4.78, 5) is 4.27. The van der Waals surface area contributed by atoms with E-state index in [1.807, 2.05) is 19.9 Å². The van der Waals surface area contributed by atoms with E-state index in [2.05, 4.69) is 9.71 Å². The minimum absolute atomic E-state index is 0.131. The van der Waals surface area contributed by atoms with Crippen molar-refractivity contribution in [1.29, 1.82) is 0 Å². The van der Waals surface area contributed by atoms with E-state index in [-0.39, 0.29) is 23.4 Å². The van der Waals surface area contributed by atoms with Gasteiger partial charge in [-0.1, -0.05) is 26.0 Å². The number of nitrogens with two attached hydrogens (primary N) is 1. The maximum absolute atomic E-state index is 12.5. The number of nitrogens with one attached hydrogen (secondary N) is 1. The molecule has 0 spiro atoms. The summed E-state index contributed by atoms with van der Waals surface area (Å²) in [5.41, 5.74) is 5.63. The first-order valence-electron chi connectivity index (χ1n) is 6.51. The molecule has 2 aromatic rings. The third-order valence-electron chi connectivity index (χ3n) is 3.30. The van der Waals surface area contributed by atoms with Crippen molar-refractivity contribution in [3.63, 3.8) is 0 Å². The van der Waals surface area contributed by atoms with Gasteiger partial charge in [0.1, 0.15) is 0 Å². The normalized spacial score (nSPS) is 13.8. The highest BCUT2D eigenvalue weighted by Gasteiger charge is 2.22. The predicted octanol–water partition coefficient (Wildman–Crippen LogP) is 1.50. The van der Waals surface area contributed by atoms with Gasteiger partial charge in [-0.15, -0.1) is 0 Å². The molecular formula is C14H19N3O2S. The zero-order valence-electron chi connectivity index (χ0n) is 11.6. The van der Waals surface area contributed by atoms with Gasteiger partial charge in [0.25, 0.3) is 0 Å². The number of benzene rings is 1. The molecule has 1 unspecified atom stereocenters. The van der Waals surface area contributed by atoms with Crippen molar-refractivity contribution in [2.75, 3.05) is 6.54 Å². The van der Waals surface area contributed by atoms with Crippen LogP contribution < -0.4 is 10.5 Å². The Balaban J connectivity index is 2.47. The fraction of sp³-hybridized carbons (Fsp3) is 0.357. The number of nitrogens with zero attached hydrogens (tertiary/aromatic N) is 1. The van der Waals surface area contributed by atoms with Crippen LogP contribution in [0.1, 0.15) is 13.8 Å². The van der Waals surface area contributed by atoms with Crippen molar-refractivity contribution < 1.29 is 8.42 Å². The van der Waals surface area contributed by atoms with Crippen LogP contribution in [0.2, 0.25) is 0 Å². The Morgan fingerprint density at radius 3 is 2.70 bits per heavy atom. The molecule has 1 aromatic carbocycles. The molecule has 0 aliphatic carbocycles. The number of hydrogen-bond acceptors (Lipinski definition) is 4. The number of sulfonamides is 1. The molecule has 0 bridgehead atoms. The van der Waals surface area contributed by atoms with E-state index in [9.17, 15) is 8.42 Å². The van der Waals surface area contributed by atoms with Crippen molar-refractivity contribution in [2.24, 2.45) is 11.7 Å². The largest absolute Gasteiger partial charge is 0.329 e. The summed E-state index contributed by atoms with van der Waals surface area (Å²) in [6, 6.07) is 6.57. The van der Waals surface area contributed by atoms with Gasteiger partial charge < -0.3 is 5.73 Å². The second-order valence-electron chi connectivity index (χ2n) is 5.06. The minimum Gasteiger partial charge on any atom is -0.329 e. The molecular weight excluding hydrogens is 274 g/mol.